The third kappa shape index (κ3) is 2.31. The van der Waals surface area contributed by atoms with E-state index in [4.69, 9.17) is 0 Å². The van der Waals surface area contributed by atoms with E-state index in [1.807, 2.05) is 12.2 Å². The molecular weight excluding hydrogens is 306 g/mol. The fourth-order valence-corrected chi connectivity index (χ4v) is 4.17. The van der Waals surface area contributed by atoms with Crippen LogP contribution in [0.25, 0.3) is 0 Å². The summed E-state index contributed by atoms with van der Waals surface area (Å²) in [7, 11) is 1.27. The molecular formula is C15H15NO5S. The fraction of sp³-hybridized carbons (Fsp3) is 0.400. The molecule has 1 aromatic heterocycles. The number of carboxylic acids is 1. The molecule has 3 rings (SSSR count). The molecule has 0 spiro atoms. The predicted octanol–water partition coefficient (Wildman–Crippen LogP) is 2.00. The lowest BCUT2D eigenvalue weighted by Gasteiger charge is -2.23. The van der Waals surface area contributed by atoms with Crippen molar-refractivity contribution in [2.75, 3.05) is 12.4 Å². The second-order valence-corrected chi connectivity index (χ2v) is 6.40. The minimum atomic E-state index is -0.948. The van der Waals surface area contributed by atoms with E-state index in [-0.39, 0.29) is 23.3 Å². The van der Waals surface area contributed by atoms with Gasteiger partial charge in [-0.2, -0.15) is 0 Å². The number of carbonyl (C=O) groups is 3. The molecule has 2 aliphatic rings. The highest BCUT2D eigenvalue weighted by molar-refractivity contribution is 7.14. The molecule has 1 saturated carbocycles. The van der Waals surface area contributed by atoms with Crippen molar-refractivity contribution >= 4 is 34.2 Å². The van der Waals surface area contributed by atoms with Crippen molar-refractivity contribution in [3.8, 4) is 0 Å². The Morgan fingerprint density at radius 2 is 1.95 bits per heavy atom. The maximum Gasteiger partial charge on any atom is 0.340 e. The molecule has 1 aromatic rings. The van der Waals surface area contributed by atoms with Crippen LogP contribution in [-0.4, -0.2) is 30.1 Å². The Balaban J connectivity index is 1.80. The summed E-state index contributed by atoms with van der Waals surface area (Å²) in [5.74, 6) is -3.25. The van der Waals surface area contributed by atoms with Crippen LogP contribution in [0.15, 0.2) is 23.6 Å². The van der Waals surface area contributed by atoms with Crippen molar-refractivity contribution in [2.24, 2.45) is 23.7 Å². The second kappa shape index (κ2) is 5.57. The average molecular weight is 321 g/mol. The zero-order valence-electron chi connectivity index (χ0n) is 11.8. The highest BCUT2D eigenvalue weighted by Crippen LogP contribution is 2.48. The van der Waals surface area contributed by atoms with Crippen molar-refractivity contribution < 1.29 is 24.2 Å². The van der Waals surface area contributed by atoms with E-state index in [9.17, 15) is 19.5 Å². The number of carbonyl (C=O) groups excluding carboxylic acids is 2. The Hall–Kier alpha value is -2.15. The Bertz CT molecular complexity index is 665. The van der Waals surface area contributed by atoms with Crippen molar-refractivity contribution in [2.45, 2.75) is 6.42 Å². The van der Waals surface area contributed by atoms with Gasteiger partial charge in [-0.15, -0.1) is 11.3 Å². The number of methoxy groups -OCH3 is 1. The first-order valence-corrected chi connectivity index (χ1v) is 7.78. The van der Waals surface area contributed by atoms with Crippen LogP contribution in [0.4, 0.5) is 5.00 Å². The van der Waals surface area contributed by atoms with Crippen molar-refractivity contribution in [3.05, 3.63) is 29.2 Å². The molecule has 1 amide bonds. The molecule has 1 fully saturated rings. The quantitative estimate of drug-likeness (QED) is 0.653. The molecule has 0 saturated heterocycles. The fourth-order valence-electron chi connectivity index (χ4n) is 3.39. The summed E-state index contributed by atoms with van der Waals surface area (Å²) in [5, 5.41) is 14.1. The Morgan fingerprint density at radius 1 is 1.27 bits per heavy atom. The highest BCUT2D eigenvalue weighted by atomic mass is 32.1. The van der Waals surface area contributed by atoms with Crippen molar-refractivity contribution in [3.63, 3.8) is 0 Å². The van der Waals surface area contributed by atoms with Crippen LogP contribution in [0, 0.1) is 23.7 Å². The van der Waals surface area contributed by atoms with Crippen LogP contribution < -0.4 is 5.32 Å². The molecule has 1 heterocycles. The molecule has 7 heteroatoms. The molecule has 22 heavy (non-hydrogen) atoms. The third-order valence-corrected chi connectivity index (χ3v) is 5.18. The zero-order valence-corrected chi connectivity index (χ0v) is 12.6. The topological polar surface area (TPSA) is 92.7 Å². The van der Waals surface area contributed by atoms with Gasteiger partial charge in [0.2, 0.25) is 5.91 Å². The number of amides is 1. The van der Waals surface area contributed by atoms with Gasteiger partial charge < -0.3 is 15.2 Å². The van der Waals surface area contributed by atoms with Gasteiger partial charge in [0.15, 0.2) is 0 Å². The summed E-state index contributed by atoms with van der Waals surface area (Å²) in [6, 6.07) is 1.57. The number of hydrogen-bond donors (Lipinski definition) is 2. The molecule has 6 nitrogen and oxygen atoms in total. The summed E-state index contributed by atoms with van der Waals surface area (Å²) in [6.07, 6.45) is 4.51. The zero-order chi connectivity index (χ0) is 15.9. The van der Waals surface area contributed by atoms with E-state index in [2.05, 4.69) is 10.1 Å². The van der Waals surface area contributed by atoms with Gasteiger partial charge in [0.05, 0.1) is 24.5 Å². The number of anilines is 1. The smallest absolute Gasteiger partial charge is 0.340 e. The number of thiophene rings is 1. The minimum Gasteiger partial charge on any atom is -0.481 e. The molecule has 2 N–H and O–H groups in total. The Morgan fingerprint density at radius 3 is 2.59 bits per heavy atom. The van der Waals surface area contributed by atoms with Crippen LogP contribution in [0.3, 0.4) is 0 Å². The maximum atomic E-state index is 12.5. The van der Waals surface area contributed by atoms with E-state index < -0.39 is 23.8 Å². The number of aliphatic carboxylic acids is 1. The van der Waals surface area contributed by atoms with Crippen LogP contribution in [0.5, 0.6) is 0 Å². The maximum absolute atomic E-state index is 12.5. The number of esters is 1. The third-order valence-electron chi connectivity index (χ3n) is 4.35. The molecule has 116 valence electrons. The summed E-state index contributed by atoms with van der Waals surface area (Å²) in [6.45, 7) is 0. The van der Waals surface area contributed by atoms with E-state index in [0.29, 0.717) is 11.4 Å². The number of ether oxygens (including phenoxy) is 1. The monoisotopic (exact) mass is 321 g/mol. The van der Waals surface area contributed by atoms with E-state index in [1.54, 1.807) is 11.4 Å². The lowest BCUT2D eigenvalue weighted by molar-refractivity contribution is -0.146. The predicted molar refractivity (Wildman–Crippen MR) is 79.6 cm³/mol. The van der Waals surface area contributed by atoms with E-state index >= 15 is 0 Å². The van der Waals surface area contributed by atoms with Crippen molar-refractivity contribution in [1.29, 1.82) is 0 Å². The lowest BCUT2D eigenvalue weighted by atomic mass is 9.82. The van der Waals surface area contributed by atoms with Crippen LogP contribution in [0.2, 0.25) is 0 Å². The first kappa shape index (κ1) is 14.8. The van der Waals surface area contributed by atoms with Gasteiger partial charge in [-0.05, 0) is 29.7 Å². The molecule has 0 aliphatic heterocycles. The van der Waals surface area contributed by atoms with Crippen LogP contribution in [-0.2, 0) is 14.3 Å². The van der Waals surface area contributed by atoms with Crippen LogP contribution >= 0.6 is 11.3 Å². The summed E-state index contributed by atoms with van der Waals surface area (Å²) in [4.78, 5) is 35.6. The van der Waals surface area contributed by atoms with Crippen molar-refractivity contribution in [1.82, 2.24) is 0 Å². The summed E-state index contributed by atoms with van der Waals surface area (Å²) >= 11 is 1.21. The number of nitrogens with one attached hydrogen (secondary N) is 1. The molecule has 0 unspecified atom stereocenters. The Kier molecular flexibility index (Phi) is 3.74. The standard InChI is InChI=1S/C15H15NO5S/c1-21-15(20)9-4-5-22-13(9)16-12(17)10-7-2-3-8(6-7)11(10)14(18)19/h2-5,7-8,10-11H,6H2,1H3,(H,16,17)(H,18,19)/t7-,8+,10-,11+/m1/s1. The second-order valence-electron chi connectivity index (χ2n) is 5.48. The summed E-state index contributed by atoms with van der Waals surface area (Å²) in [5.41, 5.74) is 0.284. The lowest BCUT2D eigenvalue weighted by Crippen LogP contribution is -2.36. The largest absolute Gasteiger partial charge is 0.481 e. The van der Waals surface area contributed by atoms with Crippen LogP contribution in [0.1, 0.15) is 16.8 Å². The van der Waals surface area contributed by atoms with E-state index in [1.165, 1.54) is 18.4 Å². The molecule has 0 radical (unpaired) electrons. The van der Waals surface area contributed by atoms with Gasteiger partial charge in [0, 0.05) is 0 Å². The minimum absolute atomic E-state index is 0.0485. The molecule has 4 atom stereocenters. The number of fused-ring (bicyclic) bond motifs is 2. The number of carboxylic acid groups (broad SMARTS) is 1. The first-order valence-electron chi connectivity index (χ1n) is 6.90. The van der Waals surface area contributed by atoms with Gasteiger partial charge in [-0.25, -0.2) is 4.79 Å². The van der Waals surface area contributed by atoms with Gasteiger partial charge in [-0.3, -0.25) is 9.59 Å². The number of hydrogen-bond acceptors (Lipinski definition) is 5. The van der Waals surface area contributed by atoms with Gasteiger partial charge in [-0.1, -0.05) is 12.2 Å². The van der Waals surface area contributed by atoms with E-state index in [0.717, 1.165) is 0 Å². The van der Waals surface area contributed by atoms with Gasteiger partial charge >= 0.3 is 11.9 Å². The van der Waals surface area contributed by atoms with Gasteiger partial charge in [0.1, 0.15) is 5.00 Å². The molecule has 2 bridgehead atoms. The number of allylic oxidation sites excluding steroid dienone is 2. The average Bonchev–Trinajstić information content (AvgIpc) is 3.20. The molecule has 2 aliphatic carbocycles. The first-order chi connectivity index (χ1) is 10.5. The van der Waals surface area contributed by atoms with Gasteiger partial charge in [0.25, 0.3) is 0 Å². The Labute approximate surface area is 130 Å². The number of rotatable bonds is 4. The highest BCUT2D eigenvalue weighted by Gasteiger charge is 2.51. The summed E-state index contributed by atoms with van der Waals surface area (Å²) < 4.78 is 4.66. The normalized spacial score (nSPS) is 28.6. The SMILES string of the molecule is COC(=O)c1ccsc1NC(=O)[C@H]1[C@@H](C(=O)O)[C@H]2C=C[C@@H]1C2. The molecule has 0 aromatic carbocycles.